The fourth-order valence-electron chi connectivity index (χ4n) is 3.63. The van der Waals surface area contributed by atoms with Crippen molar-refractivity contribution in [3.63, 3.8) is 0 Å². The first kappa shape index (κ1) is 24.1. The average Bonchev–Trinajstić information content (AvgIpc) is 2.69. The first-order valence-corrected chi connectivity index (χ1v) is 10.8. The summed E-state index contributed by atoms with van der Waals surface area (Å²) in [5.74, 6) is -0.220. The van der Waals surface area contributed by atoms with Crippen LogP contribution in [0.2, 0.25) is 0 Å². The number of carbonyl (C=O) groups excluding carboxylic acids is 2. The maximum atomic E-state index is 12.4. The van der Waals surface area contributed by atoms with Gasteiger partial charge < -0.3 is 26.0 Å². The Morgan fingerprint density at radius 2 is 1.63 bits per heavy atom. The Kier molecular flexibility index (Phi) is 9.55. The molecule has 1 saturated heterocycles. The third-order valence-corrected chi connectivity index (χ3v) is 5.32. The molecule has 0 radical (unpaired) electrons. The van der Waals surface area contributed by atoms with Crippen molar-refractivity contribution in [3.8, 4) is 5.75 Å². The normalized spacial score (nSPS) is 21.2. The summed E-state index contributed by atoms with van der Waals surface area (Å²) < 4.78 is 0. The highest BCUT2D eigenvalue weighted by Crippen LogP contribution is 2.14. The molecule has 0 aromatic heterocycles. The van der Waals surface area contributed by atoms with E-state index in [0.29, 0.717) is 38.9 Å². The smallest absolute Gasteiger partial charge is 0.243 e. The van der Waals surface area contributed by atoms with Gasteiger partial charge >= 0.3 is 0 Å². The highest BCUT2D eigenvalue weighted by atomic mass is 16.3. The van der Waals surface area contributed by atoms with Crippen molar-refractivity contribution in [3.05, 3.63) is 29.8 Å². The van der Waals surface area contributed by atoms with Gasteiger partial charge in [0.05, 0.1) is 12.2 Å². The van der Waals surface area contributed by atoms with Crippen LogP contribution in [0.1, 0.15) is 45.1 Å². The second-order valence-electron chi connectivity index (χ2n) is 8.16. The van der Waals surface area contributed by atoms with Gasteiger partial charge in [-0.15, -0.1) is 0 Å². The Bertz CT molecular complexity index is 680. The summed E-state index contributed by atoms with van der Waals surface area (Å²) in [6.45, 7) is 5.37. The zero-order valence-corrected chi connectivity index (χ0v) is 17.9. The van der Waals surface area contributed by atoms with Gasteiger partial charge in [0, 0.05) is 19.5 Å². The van der Waals surface area contributed by atoms with Gasteiger partial charge in [-0.1, -0.05) is 19.1 Å². The quantitative estimate of drug-likeness (QED) is 0.314. The number of rotatable bonds is 12. The first-order chi connectivity index (χ1) is 14.3. The van der Waals surface area contributed by atoms with Crippen molar-refractivity contribution >= 4 is 11.8 Å². The van der Waals surface area contributed by atoms with Crippen molar-refractivity contribution in [1.29, 1.82) is 0 Å². The fraction of sp³-hybridized carbons (Fsp3) is 0.636. The van der Waals surface area contributed by atoms with Crippen molar-refractivity contribution in [2.45, 2.75) is 70.2 Å². The molecule has 5 N–H and O–H groups in total. The highest BCUT2D eigenvalue weighted by molar-refractivity contribution is 5.97. The van der Waals surface area contributed by atoms with E-state index in [2.05, 4.69) is 10.6 Å². The van der Waals surface area contributed by atoms with Crippen LogP contribution in [0.4, 0.5) is 0 Å². The van der Waals surface area contributed by atoms with Crippen LogP contribution in [0.15, 0.2) is 24.3 Å². The zero-order valence-electron chi connectivity index (χ0n) is 17.9. The molecule has 1 aromatic carbocycles. The fourth-order valence-corrected chi connectivity index (χ4v) is 3.63. The summed E-state index contributed by atoms with van der Waals surface area (Å²) >= 11 is 0. The predicted molar refractivity (Wildman–Crippen MR) is 114 cm³/mol. The molecular formula is C22H35N3O5. The minimum atomic E-state index is -0.615. The first-order valence-electron chi connectivity index (χ1n) is 10.8. The molecule has 8 heteroatoms. The van der Waals surface area contributed by atoms with E-state index in [-0.39, 0.29) is 17.6 Å². The molecule has 168 valence electrons. The molecule has 0 saturated carbocycles. The second-order valence-corrected chi connectivity index (χ2v) is 8.16. The SMILES string of the molecule is CCC(O)CN(CCCCC1NC(=O)C(Cc2ccc(O)cc2)NC1=O)CC(C)O. The number of aliphatic hydroxyl groups is 2. The number of nitrogens with zero attached hydrogens (tertiary/aromatic N) is 1. The van der Waals surface area contributed by atoms with E-state index in [0.717, 1.165) is 18.4 Å². The molecule has 1 aliphatic rings. The maximum Gasteiger partial charge on any atom is 0.243 e. The molecule has 30 heavy (non-hydrogen) atoms. The number of phenols is 1. The van der Waals surface area contributed by atoms with Crippen LogP contribution < -0.4 is 10.6 Å². The number of hydrogen-bond acceptors (Lipinski definition) is 6. The van der Waals surface area contributed by atoms with Gasteiger partial charge in [0.1, 0.15) is 17.8 Å². The summed E-state index contributed by atoms with van der Waals surface area (Å²) in [5, 5.41) is 34.5. The molecule has 1 aromatic rings. The Labute approximate surface area is 178 Å². The topological polar surface area (TPSA) is 122 Å². The molecule has 0 spiro atoms. The highest BCUT2D eigenvalue weighted by Gasteiger charge is 2.33. The molecule has 0 aliphatic carbocycles. The summed E-state index contributed by atoms with van der Waals surface area (Å²) in [5.41, 5.74) is 0.860. The van der Waals surface area contributed by atoms with E-state index in [1.165, 1.54) is 0 Å². The van der Waals surface area contributed by atoms with Gasteiger partial charge in [-0.25, -0.2) is 0 Å². The number of piperazine rings is 1. The Balaban J connectivity index is 1.76. The van der Waals surface area contributed by atoms with Gasteiger partial charge in [0.15, 0.2) is 0 Å². The number of nitrogens with one attached hydrogen (secondary N) is 2. The van der Waals surface area contributed by atoms with E-state index in [1.807, 2.05) is 11.8 Å². The van der Waals surface area contributed by atoms with Crippen LogP contribution in [0.3, 0.4) is 0 Å². The molecule has 4 unspecified atom stereocenters. The molecule has 0 bridgehead atoms. The van der Waals surface area contributed by atoms with Crippen molar-refractivity contribution in [2.75, 3.05) is 19.6 Å². The lowest BCUT2D eigenvalue weighted by Crippen LogP contribution is -2.62. The number of aliphatic hydroxyl groups excluding tert-OH is 2. The number of benzene rings is 1. The van der Waals surface area contributed by atoms with Crippen LogP contribution in [0.25, 0.3) is 0 Å². The Morgan fingerprint density at radius 1 is 1.00 bits per heavy atom. The van der Waals surface area contributed by atoms with Gasteiger partial charge in [0.2, 0.25) is 11.8 Å². The van der Waals surface area contributed by atoms with Crippen LogP contribution >= 0.6 is 0 Å². The van der Waals surface area contributed by atoms with Gasteiger partial charge in [-0.3, -0.25) is 14.5 Å². The van der Waals surface area contributed by atoms with E-state index in [1.54, 1.807) is 31.2 Å². The predicted octanol–water partition coefficient (Wildman–Crippen LogP) is 0.542. The Morgan fingerprint density at radius 3 is 2.27 bits per heavy atom. The molecular weight excluding hydrogens is 386 g/mol. The third kappa shape index (κ3) is 7.93. The summed E-state index contributed by atoms with van der Waals surface area (Å²) in [6.07, 6.45) is 2.25. The molecule has 2 amide bonds. The Hall–Kier alpha value is -2.16. The molecule has 1 heterocycles. The average molecular weight is 422 g/mol. The minimum absolute atomic E-state index is 0.159. The summed E-state index contributed by atoms with van der Waals surface area (Å²) in [4.78, 5) is 26.8. The van der Waals surface area contributed by atoms with E-state index < -0.39 is 24.3 Å². The van der Waals surface area contributed by atoms with Gasteiger partial charge in [0.25, 0.3) is 0 Å². The standard InChI is InChI=1S/C22H35N3O5/c1-3-17(27)14-25(13-15(2)26)11-5-4-6-19-21(29)24-20(22(30)23-19)12-16-7-9-18(28)10-8-16/h7-10,15,17,19-20,26-28H,3-6,11-14H2,1-2H3,(H,23,30)(H,24,29). The molecule has 2 rings (SSSR count). The van der Waals surface area contributed by atoms with Crippen molar-refractivity contribution in [2.24, 2.45) is 0 Å². The van der Waals surface area contributed by atoms with E-state index in [4.69, 9.17) is 0 Å². The molecule has 8 nitrogen and oxygen atoms in total. The number of unbranched alkanes of at least 4 members (excludes halogenated alkanes) is 1. The van der Waals surface area contributed by atoms with Crippen LogP contribution in [-0.4, -0.2) is 76.0 Å². The summed E-state index contributed by atoms with van der Waals surface area (Å²) in [7, 11) is 0. The van der Waals surface area contributed by atoms with Gasteiger partial charge in [-0.05, 0) is 56.8 Å². The van der Waals surface area contributed by atoms with Crippen molar-refractivity contribution in [1.82, 2.24) is 15.5 Å². The van der Waals surface area contributed by atoms with Crippen LogP contribution in [-0.2, 0) is 16.0 Å². The summed E-state index contributed by atoms with van der Waals surface area (Å²) in [6, 6.07) is 5.42. The lowest BCUT2D eigenvalue weighted by molar-refractivity contribution is -0.136. The maximum absolute atomic E-state index is 12.4. The molecule has 4 atom stereocenters. The number of phenolic OH excluding ortho intramolecular Hbond substituents is 1. The van der Waals surface area contributed by atoms with Gasteiger partial charge in [-0.2, -0.15) is 0 Å². The number of carbonyl (C=O) groups is 2. The lowest BCUT2D eigenvalue weighted by atomic mass is 9.99. The third-order valence-electron chi connectivity index (χ3n) is 5.32. The van der Waals surface area contributed by atoms with Crippen LogP contribution in [0, 0.1) is 0 Å². The largest absolute Gasteiger partial charge is 0.508 e. The number of amides is 2. The number of hydrogen-bond donors (Lipinski definition) is 5. The van der Waals surface area contributed by atoms with E-state index >= 15 is 0 Å². The zero-order chi connectivity index (χ0) is 22.1. The molecule has 1 aliphatic heterocycles. The van der Waals surface area contributed by atoms with Crippen LogP contribution in [0.5, 0.6) is 5.75 Å². The van der Waals surface area contributed by atoms with E-state index in [9.17, 15) is 24.9 Å². The number of aromatic hydroxyl groups is 1. The van der Waals surface area contributed by atoms with Crippen molar-refractivity contribution < 1.29 is 24.9 Å². The molecule has 1 fully saturated rings. The monoisotopic (exact) mass is 421 g/mol. The lowest BCUT2D eigenvalue weighted by Gasteiger charge is -2.30. The second kappa shape index (κ2) is 11.9. The minimum Gasteiger partial charge on any atom is -0.508 e.